The highest BCUT2D eigenvalue weighted by molar-refractivity contribution is 7.22. The van der Waals surface area contributed by atoms with Crippen LogP contribution in [0.25, 0.3) is 16.0 Å². The number of carbonyl (C=O) groups excluding carboxylic acids is 2. The molecule has 1 aliphatic rings. The number of anilines is 1. The minimum Gasteiger partial charge on any atom is -0.507 e. The number of amides is 1. The van der Waals surface area contributed by atoms with Crippen molar-refractivity contribution in [1.82, 2.24) is 4.98 Å². The summed E-state index contributed by atoms with van der Waals surface area (Å²) in [6, 6.07) is 26.4. The summed E-state index contributed by atoms with van der Waals surface area (Å²) in [7, 11) is 0. The number of ether oxygens (including phenoxy) is 1. The number of benzene rings is 4. The minimum atomic E-state index is -0.935. The molecular formula is C32H23ClN2O4S. The quantitative estimate of drug-likeness (QED) is 0.132. The van der Waals surface area contributed by atoms with Crippen LogP contribution in [-0.4, -0.2) is 21.8 Å². The normalized spacial score (nSPS) is 16.6. The van der Waals surface area contributed by atoms with Crippen molar-refractivity contribution in [3.63, 3.8) is 0 Å². The number of aryl methyl sites for hydroxylation is 2. The number of hydrogen-bond acceptors (Lipinski definition) is 6. The Morgan fingerprint density at radius 3 is 2.50 bits per heavy atom. The van der Waals surface area contributed by atoms with Crippen molar-refractivity contribution in [1.29, 1.82) is 0 Å². The van der Waals surface area contributed by atoms with E-state index < -0.39 is 17.7 Å². The van der Waals surface area contributed by atoms with Gasteiger partial charge < -0.3 is 9.84 Å². The molecule has 1 N–H and O–H groups in total. The molecular weight excluding hydrogens is 544 g/mol. The van der Waals surface area contributed by atoms with E-state index in [4.69, 9.17) is 16.3 Å². The van der Waals surface area contributed by atoms with Crippen LogP contribution in [0.5, 0.6) is 11.5 Å². The third-order valence-electron chi connectivity index (χ3n) is 6.79. The fourth-order valence-electron chi connectivity index (χ4n) is 4.84. The summed E-state index contributed by atoms with van der Waals surface area (Å²) in [5.74, 6) is -0.610. The molecule has 1 aliphatic heterocycles. The maximum absolute atomic E-state index is 13.6. The molecule has 6 nitrogen and oxygen atoms in total. The van der Waals surface area contributed by atoms with E-state index in [1.165, 1.54) is 16.2 Å². The number of aromatic nitrogens is 1. The smallest absolute Gasteiger partial charge is 0.301 e. The van der Waals surface area contributed by atoms with Gasteiger partial charge in [-0.1, -0.05) is 71.0 Å². The summed E-state index contributed by atoms with van der Waals surface area (Å²) in [6.45, 7) is 3.76. The molecule has 0 radical (unpaired) electrons. The number of thiazole rings is 1. The molecule has 40 heavy (non-hydrogen) atoms. The Morgan fingerprint density at radius 2 is 1.70 bits per heavy atom. The summed E-state index contributed by atoms with van der Waals surface area (Å²) in [5, 5.41) is 12.5. The molecule has 6 rings (SSSR count). The van der Waals surface area contributed by atoms with Gasteiger partial charge in [-0.2, -0.15) is 0 Å². The van der Waals surface area contributed by atoms with Gasteiger partial charge in [0.1, 0.15) is 17.3 Å². The summed E-state index contributed by atoms with van der Waals surface area (Å²) in [6.07, 6.45) is 0. The predicted octanol–water partition coefficient (Wildman–Crippen LogP) is 7.99. The number of nitrogens with zero attached hydrogens (tertiary/aromatic N) is 2. The number of aliphatic hydroxyl groups excluding tert-OH is 1. The predicted molar refractivity (Wildman–Crippen MR) is 158 cm³/mol. The second-order valence-corrected chi connectivity index (χ2v) is 11.0. The van der Waals surface area contributed by atoms with Crippen LogP contribution < -0.4 is 9.64 Å². The van der Waals surface area contributed by atoms with E-state index in [1.54, 1.807) is 36.4 Å². The zero-order valence-corrected chi connectivity index (χ0v) is 23.2. The van der Waals surface area contributed by atoms with E-state index in [1.807, 2.05) is 68.4 Å². The van der Waals surface area contributed by atoms with E-state index in [9.17, 15) is 14.7 Å². The maximum Gasteiger partial charge on any atom is 0.301 e. The Bertz CT molecular complexity index is 1830. The average molecular weight is 567 g/mol. The molecule has 4 aromatic carbocycles. The molecule has 1 fully saturated rings. The van der Waals surface area contributed by atoms with E-state index in [2.05, 4.69) is 4.98 Å². The van der Waals surface area contributed by atoms with Crippen LogP contribution in [0.2, 0.25) is 5.02 Å². The number of fused-ring (bicyclic) bond motifs is 1. The van der Waals surface area contributed by atoms with Gasteiger partial charge in [-0.05, 0) is 73.5 Å². The fraction of sp³-hybridized carbons (Fsp3) is 0.0938. The molecule has 1 atom stereocenters. The van der Waals surface area contributed by atoms with Crippen LogP contribution in [0, 0.1) is 13.8 Å². The molecule has 0 bridgehead atoms. The summed E-state index contributed by atoms with van der Waals surface area (Å²) >= 11 is 7.45. The van der Waals surface area contributed by atoms with Gasteiger partial charge >= 0.3 is 5.91 Å². The first kappa shape index (κ1) is 25.8. The first-order valence-electron chi connectivity index (χ1n) is 12.6. The lowest BCUT2D eigenvalue weighted by Gasteiger charge is -2.23. The van der Waals surface area contributed by atoms with Gasteiger partial charge in [-0.15, -0.1) is 0 Å². The van der Waals surface area contributed by atoms with Crippen LogP contribution >= 0.6 is 22.9 Å². The van der Waals surface area contributed by atoms with Gasteiger partial charge in [-0.25, -0.2) is 4.98 Å². The molecule has 1 unspecified atom stereocenters. The van der Waals surface area contributed by atoms with Gasteiger partial charge in [0.05, 0.1) is 21.8 Å². The Balaban J connectivity index is 1.55. The monoisotopic (exact) mass is 566 g/mol. The fourth-order valence-corrected chi connectivity index (χ4v) is 6.11. The third-order valence-corrected chi connectivity index (χ3v) is 8.04. The standard InChI is InChI=1S/C32H23ClN2O4S/c1-18-11-12-19(2)24(15-18)29(36)27-28(20-7-6-10-23(16-20)39-22-8-4-3-5-9-22)35(31(38)30(27)37)32-34-25-14-13-21(33)17-26(25)40-32/h3-17,28,36H,1-2H3/b29-27+. The molecule has 1 amide bonds. The topological polar surface area (TPSA) is 79.7 Å². The Labute approximate surface area is 239 Å². The lowest BCUT2D eigenvalue weighted by Crippen LogP contribution is -2.29. The first-order chi connectivity index (χ1) is 19.3. The Kier molecular flexibility index (Phi) is 6.62. The molecule has 0 saturated carbocycles. The number of carbonyl (C=O) groups is 2. The van der Waals surface area contributed by atoms with Gasteiger partial charge in [0.25, 0.3) is 5.78 Å². The summed E-state index contributed by atoms with van der Waals surface area (Å²) < 4.78 is 6.83. The number of Topliss-reactive ketones (excluding diaryl/α,β-unsaturated/α-hetero) is 1. The van der Waals surface area contributed by atoms with E-state index in [-0.39, 0.29) is 11.3 Å². The highest BCUT2D eigenvalue weighted by Crippen LogP contribution is 2.45. The van der Waals surface area contributed by atoms with Crippen molar-refractivity contribution in [3.05, 3.63) is 124 Å². The second-order valence-electron chi connectivity index (χ2n) is 9.58. The number of para-hydroxylation sites is 1. The number of aliphatic hydroxyl groups is 1. The van der Waals surface area contributed by atoms with Crippen LogP contribution in [0.1, 0.15) is 28.3 Å². The Hall–Kier alpha value is -4.46. The van der Waals surface area contributed by atoms with Crippen molar-refractivity contribution < 1.29 is 19.4 Å². The number of rotatable bonds is 5. The molecule has 1 saturated heterocycles. The number of hydrogen-bond donors (Lipinski definition) is 1. The molecule has 8 heteroatoms. The van der Waals surface area contributed by atoms with Crippen LogP contribution in [0.15, 0.2) is 96.6 Å². The molecule has 0 spiro atoms. The second kappa shape index (κ2) is 10.3. The van der Waals surface area contributed by atoms with E-state index in [0.29, 0.717) is 38.3 Å². The van der Waals surface area contributed by atoms with E-state index in [0.717, 1.165) is 15.8 Å². The zero-order valence-electron chi connectivity index (χ0n) is 21.6. The number of halogens is 1. The Morgan fingerprint density at radius 1 is 0.925 bits per heavy atom. The highest BCUT2D eigenvalue weighted by Gasteiger charge is 2.48. The summed E-state index contributed by atoms with van der Waals surface area (Å²) in [4.78, 5) is 33.3. The average Bonchev–Trinajstić information content (AvgIpc) is 3.48. The molecule has 0 aliphatic carbocycles. The minimum absolute atomic E-state index is 0.00662. The highest BCUT2D eigenvalue weighted by atomic mass is 35.5. The first-order valence-corrected chi connectivity index (χ1v) is 13.8. The largest absolute Gasteiger partial charge is 0.507 e. The van der Waals surface area contributed by atoms with Crippen LogP contribution in [0.4, 0.5) is 5.13 Å². The van der Waals surface area contributed by atoms with Gasteiger partial charge in [0, 0.05) is 10.6 Å². The van der Waals surface area contributed by atoms with Gasteiger partial charge in [0.2, 0.25) is 0 Å². The van der Waals surface area contributed by atoms with Crippen molar-refractivity contribution in [2.24, 2.45) is 0 Å². The maximum atomic E-state index is 13.6. The van der Waals surface area contributed by atoms with Crippen molar-refractivity contribution >= 4 is 55.7 Å². The van der Waals surface area contributed by atoms with Crippen LogP contribution in [-0.2, 0) is 9.59 Å². The zero-order chi connectivity index (χ0) is 28.0. The van der Waals surface area contributed by atoms with E-state index >= 15 is 0 Å². The molecule has 1 aromatic heterocycles. The molecule has 2 heterocycles. The number of ketones is 1. The van der Waals surface area contributed by atoms with Crippen LogP contribution in [0.3, 0.4) is 0 Å². The van der Waals surface area contributed by atoms with Crippen molar-refractivity contribution in [2.75, 3.05) is 4.90 Å². The van der Waals surface area contributed by atoms with Gasteiger partial charge in [-0.3, -0.25) is 14.5 Å². The molecule has 198 valence electrons. The molecule has 5 aromatic rings. The lowest BCUT2D eigenvalue weighted by molar-refractivity contribution is -0.132. The van der Waals surface area contributed by atoms with Crippen molar-refractivity contribution in [3.8, 4) is 11.5 Å². The van der Waals surface area contributed by atoms with Crippen molar-refractivity contribution in [2.45, 2.75) is 19.9 Å². The SMILES string of the molecule is Cc1ccc(C)c(/C(O)=C2\C(=O)C(=O)N(c3nc4ccc(Cl)cc4s3)C2c2cccc(Oc3ccccc3)c2)c1. The van der Waals surface area contributed by atoms with Gasteiger partial charge in [0.15, 0.2) is 5.13 Å². The third kappa shape index (κ3) is 4.63. The summed E-state index contributed by atoms with van der Waals surface area (Å²) in [5.41, 5.74) is 3.43. The lowest BCUT2D eigenvalue weighted by atomic mass is 9.93.